The number of thiophene rings is 1. The Hall–Kier alpha value is -0.860. The van der Waals surface area contributed by atoms with Crippen LogP contribution < -0.4 is 0 Å². The molecule has 2 rings (SSSR count). The van der Waals surface area contributed by atoms with E-state index in [9.17, 15) is 5.11 Å². The van der Waals surface area contributed by atoms with E-state index in [0.29, 0.717) is 0 Å². The minimum atomic E-state index is -0.256. The molecule has 0 radical (unpaired) electrons. The number of hydrogen-bond acceptors (Lipinski definition) is 2. The molecule has 2 aromatic rings. The van der Waals surface area contributed by atoms with Gasteiger partial charge >= 0.3 is 0 Å². The zero-order valence-electron chi connectivity index (χ0n) is 8.45. The molecular formula is C12H14OS. The van der Waals surface area contributed by atoms with Crippen molar-refractivity contribution >= 4 is 21.4 Å². The Morgan fingerprint density at radius 1 is 1.43 bits per heavy atom. The molecule has 0 bridgehead atoms. The summed E-state index contributed by atoms with van der Waals surface area (Å²) >= 11 is 1.77. The molecule has 0 aliphatic rings. The molecule has 1 heterocycles. The van der Waals surface area contributed by atoms with Crippen molar-refractivity contribution in [1.82, 2.24) is 0 Å². The van der Waals surface area contributed by atoms with Crippen LogP contribution in [0.3, 0.4) is 0 Å². The van der Waals surface area contributed by atoms with Crippen LogP contribution in [0.2, 0.25) is 0 Å². The molecule has 0 amide bonds. The first-order chi connectivity index (χ1) is 6.66. The first kappa shape index (κ1) is 9.69. The number of aryl methyl sites for hydroxylation is 1. The maximum Gasteiger partial charge on any atom is 0.0552 e. The molecule has 1 N–H and O–H groups in total. The fourth-order valence-corrected chi connectivity index (χ4v) is 2.68. The molecular weight excluding hydrogens is 192 g/mol. The van der Waals surface area contributed by atoms with Crippen LogP contribution >= 0.6 is 11.3 Å². The van der Waals surface area contributed by atoms with Crippen molar-refractivity contribution in [3.05, 3.63) is 34.7 Å². The van der Waals surface area contributed by atoms with Gasteiger partial charge in [-0.1, -0.05) is 12.1 Å². The Balaban J connectivity index is 2.42. The van der Waals surface area contributed by atoms with Crippen LogP contribution in [-0.4, -0.2) is 11.2 Å². The number of fused-ring (bicyclic) bond motifs is 1. The van der Waals surface area contributed by atoms with E-state index in [0.717, 1.165) is 6.42 Å². The van der Waals surface area contributed by atoms with E-state index in [1.165, 1.54) is 21.2 Å². The lowest BCUT2D eigenvalue weighted by molar-refractivity contribution is 0.195. The molecule has 0 saturated heterocycles. The Labute approximate surface area is 88.0 Å². The second-order valence-electron chi connectivity index (χ2n) is 3.80. The predicted molar refractivity (Wildman–Crippen MR) is 61.9 cm³/mol. The normalized spacial score (nSPS) is 13.4. The highest BCUT2D eigenvalue weighted by Crippen LogP contribution is 2.26. The standard InChI is InChI=1S/C12H14OS/c1-8-7-14-12-6-10(5-9(2)13)3-4-11(8)12/h3-4,6-7,9,13H,5H2,1-2H3. The molecule has 0 aliphatic heterocycles. The second kappa shape index (κ2) is 3.71. The monoisotopic (exact) mass is 206 g/mol. The van der Waals surface area contributed by atoms with Crippen molar-refractivity contribution in [2.24, 2.45) is 0 Å². The van der Waals surface area contributed by atoms with E-state index in [1.807, 2.05) is 6.92 Å². The summed E-state index contributed by atoms with van der Waals surface area (Å²) in [4.78, 5) is 0. The van der Waals surface area contributed by atoms with Gasteiger partial charge in [0.05, 0.1) is 6.10 Å². The summed E-state index contributed by atoms with van der Waals surface area (Å²) < 4.78 is 1.32. The van der Waals surface area contributed by atoms with Gasteiger partial charge in [0, 0.05) is 4.70 Å². The lowest BCUT2D eigenvalue weighted by atomic mass is 10.1. The lowest BCUT2D eigenvalue weighted by Gasteiger charge is -2.04. The summed E-state index contributed by atoms with van der Waals surface area (Å²) in [6, 6.07) is 6.44. The smallest absolute Gasteiger partial charge is 0.0552 e. The highest BCUT2D eigenvalue weighted by Gasteiger charge is 2.03. The zero-order valence-corrected chi connectivity index (χ0v) is 9.27. The number of aliphatic hydroxyl groups is 1. The fraction of sp³-hybridized carbons (Fsp3) is 0.333. The van der Waals surface area contributed by atoms with Crippen molar-refractivity contribution in [1.29, 1.82) is 0 Å². The molecule has 1 nitrogen and oxygen atoms in total. The maximum atomic E-state index is 9.29. The number of rotatable bonds is 2. The van der Waals surface area contributed by atoms with E-state index < -0.39 is 0 Å². The third-order valence-electron chi connectivity index (χ3n) is 2.36. The summed E-state index contributed by atoms with van der Waals surface area (Å²) in [7, 11) is 0. The molecule has 1 atom stereocenters. The summed E-state index contributed by atoms with van der Waals surface area (Å²) in [6.07, 6.45) is 0.487. The Bertz CT molecular complexity index is 443. The number of benzene rings is 1. The first-order valence-electron chi connectivity index (χ1n) is 4.81. The minimum Gasteiger partial charge on any atom is -0.393 e. The molecule has 0 fully saturated rings. The number of aliphatic hydroxyl groups excluding tert-OH is 1. The Morgan fingerprint density at radius 2 is 2.21 bits per heavy atom. The molecule has 1 aromatic heterocycles. The minimum absolute atomic E-state index is 0.256. The third-order valence-corrected chi connectivity index (χ3v) is 3.43. The molecule has 1 unspecified atom stereocenters. The van der Waals surface area contributed by atoms with Crippen LogP contribution in [0.1, 0.15) is 18.1 Å². The molecule has 14 heavy (non-hydrogen) atoms. The number of hydrogen-bond donors (Lipinski definition) is 1. The van der Waals surface area contributed by atoms with Crippen LogP contribution in [0.4, 0.5) is 0 Å². The van der Waals surface area contributed by atoms with Gasteiger partial charge in [0.15, 0.2) is 0 Å². The van der Waals surface area contributed by atoms with Gasteiger partial charge in [-0.2, -0.15) is 0 Å². The predicted octanol–water partition coefficient (Wildman–Crippen LogP) is 3.13. The van der Waals surface area contributed by atoms with Crippen molar-refractivity contribution in [2.45, 2.75) is 26.4 Å². The quantitative estimate of drug-likeness (QED) is 0.800. The van der Waals surface area contributed by atoms with Crippen molar-refractivity contribution in [2.75, 3.05) is 0 Å². The average molecular weight is 206 g/mol. The van der Waals surface area contributed by atoms with Crippen molar-refractivity contribution in [3.63, 3.8) is 0 Å². The van der Waals surface area contributed by atoms with Gasteiger partial charge in [-0.25, -0.2) is 0 Å². The summed E-state index contributed by atoms with van der Waals surface area (Å²) in [5, 5.41) is 12.8. The summed E-state index contributed by atoms with van der Waals surface area (Å²) in [6.45, 7) is 3.96. The first-order valence-corrected chi connectivity index (χ1v) is 5.69. The van der Waals surface area contributed by atoms with Gasteiger partial charge in [0.25, 0.3) is 0 Å². The van der Waals surface area contributed by atoms with Crippen LogP contribution in [0.5, 0.6) is 0 Å². The maximum absolute atomic E-state index is 9.29. The topological polar surface area (TPSA) is 20.2 Å². The van der Waals surface area contributed by atoms with Gasteiger partial charge in [-0.05, 0) is 48.2 Å². The van der Waals surface area contributed by atoms with Gasteiger partial charge < -0.3 is 5.11 Å². The van der Waals surface area contributed by atoms with Crippen molar-refractivity contribution in [3.8, 4) is 0 Å². The third kappa shape index (κ3) is 1.81. The Kier molecular flexibility index (Phi) is 2.57. The lowest BCUT2D eigenvalue weighted by Crippen LogP contribution is -2.03. The SMILES string of the molecule is Cc1csc2cc(CC(C)O)ccc12. The van der Waals surface area contributed by atoms with Crippen LogP contribution in [0, 0.1) is 6.92 Å². The average Bonchev–Trinajstić information content (AvgIpc) is 2.46. The van der Waals surface area contributed by atoms with Crippen LogP contribution in [0.15, 0.2) is 23.6 Å². The highest BCUT2D eigenvalue weighted by atomic mass is 32.1. The van der Waals surface area contributed by atoms with E-state index in [4.69, 9.17) is 0 Å². The van der Waals surface area contributed by atoms with E-state index >= 15 is 0 Å². The van der Waals surface area contributed by atoms with Crippen LogP contribution in [-0.2, 0) is 6.42 Å². The highest BCUT2D eigenvalue weighted by molar-refractivity contribution is 7.17. The van der Waals surface area contributed by atoms with Gasteiger partial charge in [0.2, 0.25) is 0 Å². The molecule has 0 spiro atoms. The summed E-state index contributed by atoms with van der Waals surface area (Å²) in [5.41, 5.74) is 2.56. The van der Waals surface area contributed by atoms with E-state index in [2.05, 4.69) is 30.5 Å². The van der Waals surface area contributed by atoms with Gasteiger partial charge in [-0.15, -0.1) is 11.3 Å². The zero-order chi connectivity index (χ0) is 10.1. The molecule has 2 heteroatoms. The Morgan fingerprint density at radius 3 is 2.93 bits per heavy atom. The summed E-state index contributed by atoms with van der Waals surface area (Å²) in [5.74, 6) is 0. The molecule has 1 aromatic carbocycles. The molecule has 74 valence electrons. The fourth-order valence-electron chi connectivity index (χ4n) is 1.67. The van der Waals surface area contributed by atoms with Crippen molar-refractivity contribution < 1.29 is 5.11 Å². The second-order valence-corrected chi connectivity index (χ2v) is 4.71. The molecule has 0 saturated carbocycles. The van der Waals surface area contributed by atoms with E-state index in [1.54, 1.807) is 11.3 Å². The molecule has 0 aliphatic carbocycles. The largest absolute Gasteiger partial charge is 0.393 e. The van der Waals surface area contributed by atoms with E-state index in [-0.39, 0.29) is 6.10 Å². The van der Waals surface area contributed by atoms with Gasteiger partial charge in [-0.3, -0.25) is 0 Å². The van der Waals surface area contributed by atoms with Gasteiger partial charge in [0.1, 0.15) is 0 Å². The van der Waals surface area contributed by atoms with Crippen LogP contribution in [0.25, 0.3) is 10.1 Å².